The van der Waals surface area contributed by atoms with Crippen LogP contribution in [0.2, 0.25) is 5.02 Å². The predicted octanol–water partition coefficient (Wildman–Crippen LogP) is 1.83. The van der Waals surface area contributed by atoms with Crippen molar-refractivity contribution in [3.8, 4) is 0 Å². The highest BCUT2D eigenvalue weighted by atomic mass is 35.5. The van der Waals surface area contributed by atoms with Gasteiger partial charge in [0.2, 0.25) is 11.8 Å². The smallest absolute Gasteiger partial charge is 0.224 e. The van der Waals surface area contributed by atoms with Crippen LogP contribution in [0.1, 0.15) is 13.3 Å². The third-order valence-corrected chi connectivity index (χ3v) is 3.84. The lowest BCUT2D eigenvalue weighted by molar-refractivity contribution is -0.138. The summed E-state index contributed by atoms with van der Waals surface area (Å²) >= 11 is 5.82. The highest BCUT2D eigenvalue weighted by molar-refractivity contribution is 6.30. The minimum absolute atomic E-state index is 0.0755. The number of benzene rings is 1. The lowest BCUT2D eigenvalue weighted by Gasteiger charge is -2.34. The van der Waals surface area contributed by atoms with Gasteiger partial charge in [0.25, 0.3) is 0 Å². The molecule has 0 bridgehead atoms. The quantitative estimate of drug-likeness (QED) is 0.923. The largest absolute Gasteiger partial charge is 0.385 e. The van der Waals surface area contributed by atoms with Crippen LogP contribution >= 0.6 is 11.6 Å². The Bertz CT molecular complexity index is 496. The minimum Gasteiger partial charge on any atom is -0.385 e. The van der Waals surface area contributed by atoms with Crippen molar-refractivity contribution in [3.05, 3.63) is 29.3 Å². The van der Waals surface area contributed by atoms with Gasteiger partial charge < -0.3 is 15.1 Å². The fourth-order valence-corrected chi connectivity index (χ4v) is 2.44. The molecule has 0 aliphatic carbocycles. The van der Waals surface area contributed by atoms with Crippen molar-refractivity contribution in [2.24, 2.45) is 0 Å². The summed E-state index contributed by atoms with van der Waals surface area (Å²) in [7, 11) is 0. The molecule has 114 valence electrons. The number of halogens is 1. The number of carbonyl (C=O) groups is 2. The number of nitrogens with one attached hydrogen (secondary N) is 1. The van der Waals surface area contributed by atoms with Crippen LogP contribution in [0.3, 0.4) is 0 Å². The molecule has 1 saturated heterocycles. The third kappa shape index (κ3) is 4.63. The van der Waals surface area contributed by atoms with E-state index in [-0.39, 0.29) is 11.8 Å². The van der Waals surface area contributed by atoms with Gasteiger partial charge in [0.15, 0.2) is 0 Å². The summed E-state index contributed by atoms with van der Waals surface area (Å²) in [5, 5.41) is 3.89. The van der Waals surface area contributed by atoms with Gasteiger partial charge in [0.05, 0.1) is 0 Å². The number of nitrogens with zero attached hydrogens (tertiary/aromatic N) is 2. The highest BCUT2D eigenvalue weighted by Crippen LogP contribution is 2.13. The summed E-state index contributed by atoms with van der Waals surface area (Å²) in [4.78, 5) is 26.9. The van der Waals surface area contributed by atoms with Crippen molar-refractivity contribution in [1.82, 2.24) is 9.80 Å². The topological polar surface area (TPSA) is 52.7 Å². The number of carbonyl (C=O) groups excluding carboxylic acids is 2. The van der Waals surface area contributed by atoms with Crippen molar-refractivity contribution in [3.63, 3.8) is 0 Å². The zero-order valence-electron chi connectivity index (χ0n) is 12.1. The van der Waals surface area contributed by atoms with E-state index in [1.807, 2.05) is 29.2 Å². The lowest BCUT2D eigenvalue weighted by atomic mass is 10.2. The van der Waals surface area contributed by atoms with E-state index in [4.69, 9.17) is 11.6 Å². The minimum atomic E-state index is 0.0755. The van der Waals surface area contributed by atoms with E-state index in [0.29, 0.717) is 44.2 Å². The molecule has 0 unspecified atom stereocenters. The number of anilines is 1. The summed E-state index contributed by atoms with van der Waals surface area (Å²) in [6, 6.07) is 7.40. The second-order valence-electron chi connectivity index (χ2n) is 5.07. The number of rotatable bonds is 4. The Morgan fingerprint density at radius 2 is 1.67 bits per heavy atom. The van der Waals surface area contributed by atoms with E-state index in [9.17, 15) is 9.59 Å². The van der Waals surface area contributed by atoms with Crippen LogP contribution in [-0.4, -0.2) is 54.3 Å². The van der Waals surface area contributed by atoms with Gasteiger partial charge in [0, 0.05) is 56.8 Å². The van der Waals surface area contributed by atoms with Gasteiger partial charge in [-0.25, -0.2) is 0 Å². The highest BCUT2D eigenvalue weighted by Gasteiger charge is 2.21. The van der Waals surface area contributed by atoms with Gasteiger partial charge in [0.1, 0.15) is 0 Å². The molecule has 0 radical (unpaired) electrons. The fourth-order valence-electron chi connectivity index (χ4n) is 2.31. The molecule has 1 aromatic rings. The lowest BCUT2D eigenvalue weighted by Crippen LogP contribution is -2.50. The molecular weight excluding hydrogens is 290 g/mol. The van der Waals surface area contributed by atoms with Crippen LogP contribution in [0.5, 0.6) is 0 Å². The van der Waals surface area contributed by atoms with Crippen LogP contribution in [0.4, 0.5) is 5.69 Å². The van der Waals surface area contributed by atoms with Crippen molar-refractivity contribution in [1.29, 1.82) is 0 Å². The molecule has 1 heterocycles. The fraction of sp³-hybridized carbons (Fsp3) is 0.467. The molecular formula is C15H20ClN3O2. The van der Waals surface area contributed by atoms with Crippen molar-refractivity contribution in [2.45, 2.75) is 13.3 Å². The van der Waals surface area contributed by atoms with E-state index in [1.54, 1.807) is 11.8 Å². The Morgan fingerprint density at radius 1 is 1.10 bits per heavy atom. The maximum absolute atomic E-state index is 12.1. The maximum atomic E-state index is 12.1. The van der Waals surface area contributed by atoms with E-state index in [2.05, 4.69) is 5.32 Å². The monoisotopic (exact) mass is 309 g/mol. The summed E-state index contributed by atoms with van der Waals surface area (Å²) in [5.74, 6) is 0.200. The molecule has 1 fully saturated rings. The first-order chi connectivity index (χ1) is 10.1. The van der Waals surface area contributed by atoms with Crippen LogP contribution in [-0.2, 0) is 9.59 Å². The molecule has 0 atom stereocenters. The Balaban J connectivity index is 1.70. The molecule has 1 aliphatic rings. The summed E-state index contributed by atoms with van der Waals surface area (Å²) in [6.07, 6.45) is 0.447. The molecule has 21 heavy (non-hydrogen) atoms. The number of piperazine rings is 1. The Morgan fingerprint density at radius 3 is 2.24 bits per heavy atom. The number of hydrogen-bond donors (Lipinski definition) is 1. The first kappa shape index (κ1) is 15.6. The molecule has 6 heteroatoms. The molecule has 0 spiro atoms. The normalized spacial score (nSPS) is 15.0. The van der Waals surface area contributed by atoms with Gasteiger partial charge in [-0.05, 0) is 24.3 Å². The molecule has 2 rings (SSSR count). The summed E-state index contributed by atoms with van der Waals surface area (Å²) < 4.78 is 0. The van der Waals surface area contributed by atoms with Crippen molar-refractivity contribution in [2.75, 3.05) is 38.0 Å². The second kappa shape index (κ2) is 7.31. The molecule has 0 saturated carbocycles. The van der Waals surface area contributed by atoms with E-state index < -0.39 is 0 Å². The van der Waals surface area contributed by atoms with E-state index in [1.165, 1.54) is 0 Å². The second-order valence-corrected chi connectivity index (χ2v) is 5.51. The zero-order chi connectivity index (χ0) is 15.2. The Labute approximate surface area is 129 Å². The Kier molecular flexibility index (Phi) is 5.44. The van der Waals surface area contributed by atoms with E-state index >= 15 is 0 Å². The number of amides is 2. The SMILES string of the molecule is CC(=O)N1CCN(C(=O)CCNc2ccc(Cl)cc2)CC1. The van der Waals surface area contributed by atoms with E-state index in [0.717, 1.165) is 5.69 Å². The first-order valence-electron chi connectivity index (χ1n) is 7.09. The van der Waals surface area contributed by atoms with Gasteiger partial charge in [-0.2, -0.15) is 0 Å². The maximum Gasteiger partial charge on any atom is 0.224 e. The summed E-state index contributed by atoms with van der Waals surface area (Å²) in [5.41, 5.74) is 0.952. The van der Waals surface area contributed by atoms with Gasteiger partial charge in [-0.3, -0.25) is 9.59 Å². The molecule has 2 amide bonds. The van der Waals surface area contributed by atoms with Gasteiger partial charge in [-0.1, -0.05) is 11.6 Å². The summed E-state index contributed by atoms with van der Waals surface area (Å²) in [6.45, 7) is 4.66. The zero-order valence-corrected chi connectivity index (χ0v) is 12.9. The molecule has 5 nitrogen and oxygen atoms in total. The van der Waals surface area contributed by atoms with Crippen LogP contribution in [0, 0.1) is 0 Å². The predicted molar refractivity (Wildman–Crippen MR) is 83.4 cm³/mol. The molecule has 0 aromatic heterocycles. The molecule has 1 aromatic carbocycles. The average Bonchev–Trinajstić information content (AvgIpc) is 2.49. The van der Waals surface area contributed by atoms with Crippen LogP contribution < -0.4 is 5.32 Å². The number of hydrogen-bond acceptors (Lipinski definition) is 3. The van der Waals surface area contributed by atoms with Crippen LogP contribution in [0.15, 0.2) is 24.3 Å². The molecule has 1 aliphatic heterocycles. The average molecular weight is 310 g/mol. The standard InChI is InChI=1S/C15H20ClN3O2/c1-12(20)18-8-10-19(11-9-18)15(21)6-7-17-14-4-2-13(16)3-5-14/h2-5,17H,6-11H2,1H3. The van der Waals surface area contributed by atoms with Crippen LogP contribution in [0.25, 0.3) is 0 Å². The molecule has 1 N–H and O–H groups in total. The van der Waals surface area contributed by atoms with Gasteiger partial charge in [-0.15, -0.1) is 0 Å². The van der Waals surface area contributed by atoms with Crippen molar-refractivity contribution < 1.29 is 9.59 Å². The Hall–Kier alpha value is -1.75. The van der Waals surface area contributed by atoms with Crippen molar-refractivity contribution >= 4 is 29.1 Å². The first-order valence-corrected chi connectivity index (χ1v) is 7.47. The third-order valence-electron chi connectivity index (χ3n) is 3.59. The van der Waals surface area contributed by atoms with Gasteiger partial charge >= 0.3 is 0 Å².